The number of rotatable bonds is 18. The molecular formula is C28H50N4O4. The summed E-state index contributed by atoms with van der Waals surface area (Å²) in [4.78, 5) is 35.4. The first kappa shape index (κ1) is 32.0. The summed E-state index contributed by atoms with van der Waals surface area (Å²) in [6.45, 7) is 24.2. The first-order chi connectivity index (χ1) is 17.4. The first-order valence-corrected chi connectivity index (χ1v) is 13.8. The van der Waals surface area contributed by atoms with Crippen molar-refractivity contribution in [3.05, 3.63) is 35.4 Å². The Morgan fingerprint density at radius 1 is 0.556 bits per heavy atom. The molecule has 0 spiro atoms. The average molecular weight is 507 g/mol. The molecule has 0 unspecified atom stereocenters. The van der Waals surface area contributed by atoms with Crippen molar-refractivity contribution in [2.45, 2.75) is 67.7 Å². The van der Waals surface area contributed by atoms with Crippen molar-refractivity contribution >= 4 is 11.9 Å². The maximum absolute atomic E-state index is 13.1. The van der Waals surface area contributed by atoms with Crippen molar-refractivity contribution in [2.75, 3.05) is 65.6 Å². The number of hydrogen-bond acceptors (Lipinski definition) is 8. The maximum Gasteiger partial charge on any atom is 0.339 e. The molecule has 0 saturated carbocycles. The molecule has 0 bridgehead atoms. The fraction of sp³-hybridized carbons (Fsp3) is 0.714. The van der Waals surface area contributed by atoms with Gasteiger partial charge >= 0.3 is 11.9 Å². The van der Waals surface area contributed by atoms with E-state index in [2.05, 4.69) is 75.0 Å². The molecule has 0 aliphatic carbocycles. The van der Waals surface area contributed by atoms with Crippen LogP contribution in [0.3, 0.4) is 0 Å². The summed E-state index contributed by atoms with van der Waals surface area (Å²) in [5, 5.41) is 0. The van der Waals surface area contributed by atoms with Gasteiger partial charge in [-0.2, -0.15) is 0 Å². The van der Waals surface area contributed by atoms with Gasteiger partial charge in [-0.05, 0) is 64.5 Å². The molecule has 8 nitrogen and oxygen atoms in total. The van der Waals surface area contributed by atoms with Gasteiger partial charge in [0.05, 0.1) is 23.5 Å². The average Bonchev–Trinajstić information content (AvgIpc) is 2.91. The lowest BCUT2D eigenvalue weighted by molar-refractivity contribution is -0.0114. The Morgan fingerprint density at radius 2 is 0.806 bits per heavy atom. The van der Waals surface area contributed by atoms with Crippen molar-refractivity contribution in [1.29, 1.82) is 0 Å². The van der Waals surface area contributed by atoms with E-state index in [1.807, 2.05) is 0 Å². The highest BCUT2D eigenvalue weighted by atomic mass is 16.5. The van der Waals surface area contributed by atoms with Crippen LogP contribution in [-0.2, 0) is 9.47 Å². The molecule has 0 heterocycles. The Kier molecular flexibility index (Phi) is 15.5. The van der Waals surface area contributed by atoms with Crippen LogP contribution in [0.25, 0.3) is 0 Å². The van der Waals surface area contributed by atoms with Crippen molar-refractivity contribution in [1.82, 2.24) is 19.6 Å². The molecule has 1 aromatic rings. The van der Waals surface area contributed by atoms with Crippen LogP contribution < -0.4 is 0 Å². The summed E-state index contributed by atoms with van der Waals surface area (Å²) in [5.74, 6) is -1.01. The molecule has 0 N–H and O–H groups in total. The first-order valence-electron chi connectivity index (χ1n) is 13.8. The smallest absolute Gasteiger partial charge is 0.339 e. The second kappa shape index (κ2) is 17.5. The van der Waals surface area contributed by atoms with Crippen LogP contribution in [-0.4, -0.2) is 109 Å². The quantitative estimate of drug-likeness (QED) is 0.219. The number of nitrogens with zero attached hydrogens (tertiary/aromatic N) is 4. The predicted molar refractivity (Wildman–Crippen MR) is 146 cm³/mol. The molecule has 0 fully saturated rings. The lowest BCUT2D eigenvalue weighted by Crippen LogP contribution is -2.51. The number of benzene rings is 1. The highest BCUT2D eigenvalue weighted by molar-refractivity contribution is 6.03. The molecule has 0 aliphatic heterocycles. The number of likely N-dealkylation sites (N-methyl/N-ethyl adjacent to an activating group) is 4. The number of esters is 2. The van der Waals surface area contributed by atoms with Gasteiger partial charge in [0.1, 0.15) is 13.2 Å². The van der Waals surface area contributed by atoms with Crippen LogP contribution in [0.1, 0.15) is 76.1 Å². The summed E-state index contributed by atoms with van der Waals surface area (Å²) in [5.41, 5.74) is 0.477. The predicted octanol–water partition coefficient (Wildman–Crippen LogP) is 4.02. The van der Waals surface area contributed by atoms with E-state index >= 15 is 0 Å². The van der Waals surface area contributed by atoms with Crippen molar-refractivity contribution in [3.8, 4) is 0 Å². The number of carbonyl (C=O) groups is 2. The van der Waals surface area contributed by atoms with Crippen LogP contribution in [0.4, 0.5) is 0 Å². The fourth-order valence-electron chi connectivity index (χ4n) is 4.76. The second-order valence-electron chi connectivity index (χ2n) is 8.59. The molecule has 36 heavy (non-hydrogen) atoms. The molecule has 0 saturated heterocycles. The van der Waals surface area contributed by atoms with Gasteiger partial charge in [-0.15, -0.1) is 0 Å². The normalized spacial score (nSPS) is 11.9. The Morgan fingerprint density at radius 3 is 1.03 bits per heavy atom. The summed E-state index contributed by atoms with van der Waals surface area (Å²) in [6.07, 6.45) is -0.0241. The zero-order chi connectivity index (χ0) is 27.1. The second-order valence-corrected chi connectivity index (χ2v) is 8.59. The molecule has 0 atom stereocenters. The van der Waals surface area contributed by atoms with Crippen LogP contribution in [0.15, 0.2) is 24.3 Å². The minimum atomic E-state index is -0.504. The molecule has 0 radical (unpaired) electrons. The van der Waals surface area contributed by atoms with Crippen molar-refractivity contribution in [3.63, 3.8) is 0 Å². The lowest BCUT2D eigenvalue weighted by atomic mass is 10.1. The maximum atomic E-state index is 13.1. The van der Waals surface area contributed by atoms with E-state index < -0.39 is 11.9 Å². The Hall–Kier alpha value is -2.00. The van der Waals surface area contributed by atoms with E-state index in [1.165, 1.54) is 0 Å². The molecule has 206 valence electrons. The number of carbonyl (C=O) groups excluding carboxylic acids is 2. The van der Waals surface area contributed by atoms with E-state index in [-0.39, 0.29) is 36.7 Å². The van der Waals surface area contributed by atoms with Gasteiger partial charge in [0, 0.05) is 0 Å². The zero-order valence-electron chi connectivity index (χ0n) is 24.0. The van der Waals surface area contributed by atoms with E-state index in [0.717, 1.165) is 52.4 Å². The monoisotopic (exact) mass is 506 g/mol. The summed E-state index contributed by atoms with van der Waals surface area (Å²) < 4.78 is 11.6. The SMILES string of the molecule is CCN(CC)C(COC(=O)c1ccccc1C(=O)OCC(N(CC)CC)N(CC)CC)N(CC)CC. The van der Waals surface area contributed by atoms with Gasteiger partial charge < -0.3 is 9.47 Å². The van der Waals surface area contributed by atoms with Gasteiger partial charge in [0.25, 0.3) is 0 Å². The highest BCUT2D eigenvalue weighted by Gasteiger charge is 2.27. The minimum Gasteiger partial charge on any atom is -0.459 e. The standard InChI is InChI=1S/C28H50N4O4/c1-9-29(10-2)25(30(11-3)12-4)21-35-27(33)23-19-17-18-20-24(23)28(34)36-22-26(31(13-5)14-6)32(15-7)16-8/h17-20,25-26H,9-16,21-22H2,1-8H3. The van der Waals surface area contributed by atoms with E-state index in [0.29, 0.717) is 0 Å². The minimum absolute atomic E-state index is 0.0121. The van der Waals surface area contributed by atoms with Crippen molar-refractivity contribution < 1.29 is 19.1 Å². The van der Waals surface area contributed by atoms with Gasteiger partial charge in [-0.25, -0.2) is 9.59 Å². The van der Waals surface area contributed by atoms with E-state index in [4.69, 9.17) is 9.47 Å². The molecule has 8 heteroatoms. The van der Waals surface area contributed by atoms with Crippen LogP contribution >= 0.6 is 0 Å². The Bertz CT molecular complexity index is 673. The molecule has 1 rings (SSSR count). The molecule has 1 aromatic carbocycles. The van der Waals surface area contributed by atoms with E-state index in [9.17, 15) is 9.59 Å². The Balaban J connectivity index is 3.03. The Labute approximate surface area is 219 Å². The zero-order valence-corrected chi connectivity index (χ0v) is 24.0. The topological polar surface area (TPSA) is 65.6 Å². The van der Waals surface area contributed by atoms with Gasteiger partial charge in [-0.1, -0.05) is 67.5 Å². The summed E-state index contributed by atoms with van der Waals surface area (Å²) >= 11 is 0. The third-order valence-corrected chi connectivity index (χ3v) is 7.03. The highest BCUT2D eigenvalue weighted by Crippen LogP contribution is 2.15. The summed E-state index contributed by atoms with van der Waals surface area (Å²) in [7, 11) is 0. The largest absolute Gasteiger partial charge is 0.459 e. The number of ether oxygens (including phenoxy) is 2. The molecular weight excluding hydrogens is 456 g/mol. The number of hydrogen-bond donors (Lipinski definition) is 0. The lowest BCUT2D eigenvalue weighted by Gasteiger charge is -2.37. The van der Waals surface area contributed by atoms with Crippen LogP contribution in [0.5, 0.6) is 0 Å². The molecule has 0 amide bonds. The van der Waals surface area contributed by atoms with Gasteiger partial charge in [-0.3, -0.25) is 19.6 Å². The fourth-order valence-corrected chi connectivity index (χ4v) is 4.76. The third kappa shape index (κ3) is 8.83. The van der Waals surface area contributed by atoms with E-state index in [1.54, 1.807) is 24.3 Å². The van der Waals surface area contributed by atoms with Gasteiger partial charge in [0.15, 0.2) is 0 Å². The van der Waals surface area contributed by atoms with Crippen LogP contribution in [0.2, 0.25) is 0 Å². The molecule has 0 aromatic heterocycles. The van der Waals surface area contributed by atoms with Crippen molar-refractivity contribution in [2.24, 2.45) is 0 Å². The molecule has 0 aliphatic rings. The summed E-state index contributed by atoms with van der Waals surface area (Å²) in [6, 6.07) is 6.76. The third-order valence-electron chi connectivity index (χ3n) is 7.03. The van der Waals surface area contributed by atoms with Crippen LogP contribution in [0, 0.1) is 0 Å². The van der Waals surface area contributed by atoms with Gasteiger partial charge in [0.2, 0.25) is 0 Å².